The Labute approximate surface area is 66.3 Å². The minimum atomic E-state index is 0.286. The topological polar surface area (TPSA) is 29.4 Å². The van der Waals surface area contributed by atoms with Gasteiger partial charge in [-0.1, -0.05) is 41.6 Å². The normalized spacial score (nSPS) is 22.7. The molecule has 0 saturated carbocycles. The average molecular weight is 149 g/mol. The highest BCUT2D eigenvalue weighted by Crippen LogP contribution is 2.12. The van der Waals surface area contributed by atoms with E-state index in [-0.39, 0.29) is 6.54 Å². The molecule has 1 atom stereocenters. The van der Waals surface area contributed by atoms with E-state index in [2.05, 4.69) is 17.3 Å². The van der Waals surface area contributed by atoms with Gasteiger partial charge in [0.25, 0.3) is 0 Å². The maximum Gasteiger partial charge on any atom is 0.0992 e. The number of rotatable bonds is 3. The van der Waals surface area contributed by atoms with Crippen molar-refractivity contribution in [3.8, 4) is 0 Å². The van der Waals surface area contributed by atoms with Crippen LogP contribution < -0.4 is 0 Å². The van der Waals surface area contributed by atoms with Crippen molar-refractivity contribution in [1.82, 2.24) is 0 Å². The van der Waals surface area contributed by atoms with Crippen LogP contribution in [0.2, 0.25) is 0 Å². The van der Waals surface area contributed by atoms with Crippen molar-refractivity contribution in [2.75, 3.05) is 6.54 Å². The lowest BCUT2D eigenvalue weighted by Crippen LogP contribution is -1.92. The minimum absolute atomic E-state index is 0.286. The molecule has 1 unspecified atom stereocenters. The van der Waals surface area contributed by atoms with Gasteiger partial charge in [0.15, 0.2) is 0 Å². The van der Waals surface area contributed by atoms with Crippen LogP contribution in [-0.2, 0) is 0 Å². The fourth-order valence-corrected chi connectivity index (χ4v) is 1.02. The van der Waals surface area contributed by atoms with Crippen LogP contribution in [0.1, 0.15) is 6.42 Å². The largest absolute Gasteiger partial charge is 0.150 e. The molecule has 1 rings (SSSR count). The van der Waals surface area contributed by atoms with Crippen LogP contribution in [0.3, 0.4) is 0 Å². The number of nitrogens with zero attached hydrogens (tertiary/aromatic N) is 1. The van der Waals surface area contributed by atoms with E-state index in [0.717, 1.165) is 6.42 Å². The molecule has 0 aromatic rings. The standard InChI is InChI=1S/C9H11NO/c11-10-8-4-7-9-5-2-1-3-6-9/h1-5,7,9H,6,8H2/b7-4+. The zero-order chi connectivity index (χ0) is 7.94. The fourth-order valence-electron chi connectivity index (χ4n) is 1.02. The van der Waals surface area contributed by atoms with Crippen molar-refractivity contribution in [2.45, 2.75) is 6.42 Å². The summed E-state index contributed by atoms with van der Waals surface area (Å²) in [4.78, 5) is 9.71. The van der Waals surface area contributed by atoms with Crippen LogP contribution in [0.4, 0.5) is 0 Å². The van der Waals surface area contributed by atoms with Gasteiger partial charge in [0.05, 0.1) is 6.54 Å². The van der Waals surface area contributed by atoms with E-state index >= 15 is 0 Å². The molecule has 0 N–H and O–H groups in total. The maximum atomic E-state index is 9.71. The lowest BCUT2D eigenvalue weighted by atomic mass is 10.0. The Bertz CT molecular complexity index is 204. The molecule has 2 heteroatoms. The quantitative estimate of drug-likeness (QED) is 0.447. The Kier molecular flexibility index (Phi) is 3.32. The Balaban J connectivity index is 2.32. The van der Waals surface area contributed by atoms with E-state index in [9.17, 15) is 4.91 Å². The van der Waals surface area contributed by atoms with Crippen molar-refractivity contribution < 1.29 is 0 Å². The third-order valence-corrected chi connectivity index (χ3v) is 1.58. The second-order valence-corrected chi connectivity index (χ2v) is 2.45. The molecule has 0 heterocycles. The van der Waals surface area contributed by atoms with Crippen LogP contribution in [0, 0.1) is 10.8 Å². The van der Waals surface area contributed by atoms with E-state index in [4.69, 9.17) is 0 Å². The molecule has 1 aliphatic rings. The van der Waals surface area contributed by atoms with Gasteiger partial charge >= 0.3 is 0 Å². The second kappa shape index (κ2) is 4.61. The maximum absolute atomic E-state index is 9.71. The molecular formula is C9H11NO. The number of hydrogen-bond acceptors (Lipinski definition) is 2. The predicted octanol–water partition coefficient (Wildman–Crippen LogP) is 2.44. The number of allylic oxidation sites excluding steroid dienone is 5. The van der Waals surface area contributed by atoms with Gasteiger partial charge in [-0.2, -0.15) is 4.91 Å². The first-order chi connectivity index (χ1) is 5.43. The monoisotopic (exact) mass is 149 g/mol. The first kappa shape index (κ1) is 7.92. The fraction of sp³-hybridized carbons (Fsp3) is 0.333. The Morgan fingerprint density at radius 2 is 2.45 bits per heavy atom. The molecule has 0 amide bonds. The van der Waals surface area contributed by atoms with E-state index in [1.54, 1.807) is 6.08 Å². The van der Waals surface area contributed by atoms with Crippen LogP contribution >= 0.6 is 0 Å². The third-order valence-electron chi connectivity index (χ3n) is 1.58. The van der Waals surface area contributed by atoms with Crippen molar-refractivity contribution >= 4 is 0 Å². The van der Waals surface area contributed by atoms with E-state index in [0.29, 0.717) is 5.92 Å². The highest BCUT2D eigenvalue weighted by atomic mass is 16.3. The molecule has 1 aliphatic carbocycles. The molecule has 2 nitrogen and oxygen atoms in total. The van der Waals surface area contributed by atoms with Crippen molar-refractivity contribution in [1.29, 1.82) is 0 Å². The predicted molar refractivity (Wildman–Crippen MR) is 46.2 cm³/mol. The second-order valence-electron chi connectivity index (χ2n) is 2.45. The van der Waals surface area contributed by atoms with Gasteiger partial charge in [0.2, 0.25) is 0 Å². The summed E-state index contributed by atoms with van der Waals surface area (Å²) >= 11 is 0. The third kappa shape index (κ3) is 2.94. The van der Waals surface area contributed by atoms with Crippen LogP contribution in [0.5, 0.6) is 0 Å². The van der Waals surface area contributed by atoms with Gasteiger partial charge in [-0.25, -0.2) is 0 Å². The van der Waals surface area contributed by atoms with Crippen molar-refractivity contribution in [2.24, 2.45) is 11.1 Å². The van der Waals surface area contributed by atoms with Gasteiger partial charge in [0.1, 0.15) is 0 Å². The van der Waals surface area contributed by atoms with Crippen molar-refractivity contribution in [3.63, 3.8) is 0 Å². The highest BCUT2D eigenvalue weighted by molar-refractivity contribution is 5.15. The average Bonchev–Trinajstić information content (AvgIpc) is 2.07. The molecule has 0 fully saturated rings. The summed E-state index contributed by atoms with van der Waals surface area (Å²) in [6.07, 6.45) is 13.1. The SMILES string of the molecule is O=NC/C=C/C1C=CC=CC1. The molecule has 0 saturated heterocycles. The Hall–Kier alpha value is -1.18. The molecule has 0 aromatic heterocycles. The molecule has 0 spiro atoms. The van der Waals surface area contributed by atoms with Gasteiger partial charge in [0, 0.05) is 0 Å². The lowest BCUT2D eigenvalue weighted by molar-refractivity contribution is 0.818. The summed E-state index contributed by atoms with van der Waals surface area (Å²) in [6, 6.07) is 0. The Morgan fingerprint density at radius 1 is 1.55 bits per heavy atom. The van der Waals surface area contributed by atoms with Crippen LogP contribution in [0.15, 0.2) is 41.6 Å². The van der Waals surface area contributed by atoms with Gasteiger partial charge in [-0.15, -0.1) is 0 Å². The number of nitroso groups, excluding NO2 is 1. The van der Waals surface area contributed by atoms with Crippen molar-refractivity contribution in [3.05, 3.63) is 41.4 Å². The van der Waals surface area contributed by atoms with E-state index < -0.39 is 0 Å². The van der Waals surface area contributed by atoms with E-state index in [1.807, 2.05) is 18.2 Å². The summed E-state index contributed by atoms with van der Waals surface area (Å²) in [5.41, 5.74) is 0. The van der Waals surface area contributed by atoms with E-state index in [1.165, 1.54) is 0 Å². The summed E-state index contributed by atoms with van der Waals surface area (Å²) in [5, 5.41) is 2.74. The zero-order valence-corrected chi connectivity index (χ0v) is 6.31. The molecule has 0 radical (unpaired) electrons. The van der Waals surface area contributed by atoms with Gasteiger partial charge in [-0.3, -0.25) is 0 Å². The summed E-state index contributed by atoms with van der Waals surface area (Å²) < 4.78 is 0. The zero-order valence-electron chi connectivity index (χ0n) is 6.31. The molecular weight excluding hydrogens is 138 g/mol. The summed E-state index contributed by atoms with van der Waals surface area (Å²) in [6.45, 7) is 0.286. The summed E-state index contributed by atoms with van der Waals surface area (Å²) in [5.74, 6) is 0.460. The highest BCUT2D eigenvalue weighted by Gasteiger charge is 1.98. The first-order valence-electron chi connectivity index (χ1n) is 3.72. The Morgan fingerprint density at radius 3 is 3.09 bits per heavy atom. The molecule has 0 bridgehead atoms. The summed E-state index contributed by atoms with van der Waals surface area (Å²) in [7, 11) is 0. The molecule has 11 heavy (non-hydrogen) atoms. The molecule has 58 valence electrons. The molecule has 0 aliphatic heterocycles. The van der Waals surface area contributed by atoms with Gasteiger partial charge < -0.3 is 0 Å². The van der Waals surface area contributed by atoms with Gasteiger partial charge in [-0.05, 0) is 12.3 Å². The first-order valence-corrected chi connectivity index (χ1v) is 3.72. The smallest absolute Gasteiger partial charge is 0.0992 e. The lowest BCUT2D eigenvalue weighted by Gasteiger charge is -2.05. The van der Waals surface area contributed by atoms with Crippen LogP contribution in [-0.4, -0.2) is 6.54 Å². The minimum Gasteiger partial charge on any atom is -0.150 e. The molecule has 0 aromatic carbocycles. The van der Waals surface area contributed by atoms with Crippen LogP contribution in [0.25, 0.3) is 0 Å². The number of hydrogen-bond donors (Lipinski definition) is 0.